The van der Waals surface area contributed by atoms with Crippen LogP contribution in [0.4, 0.5) is 10.1 Å². The second-order valence-electron chi connectivity index (χ2n) is 8.55. The first-order chi connectivity index (χ1) is 17.4. The number of benzene rings is 3. The zero-order valence-electron chi connectivity index (χ0n) is 20.4. The Bertz CT molecular complexity index is 1370. The quantitative estimate of drug-likeness (QED) is 0.362. The van der Waals surface area contributed by atoms with Crippen LogP contribution in [0.2, 0.25) is 0 Å². The number of rotatable bonds is 9. The zero-order valence-corrected chi connectivity index (χ0v) is 20.4. The number of hydrogen-bond acceptors (Lipinski definition) is 5. The van der Waals surface area contributed by atoms with Crippen LogP contribution in [0.25, 0.3) is 11.0 Å². The molecule has 1 N–H and O–H groups in total. The maximum absolute atomic E-state index is 15.1. The van der Waals surface area contributed by atoms with Crippen LogP contribution in [0.3, 0.4) is 0 Å². The summed E-state index contributed by atoms with van der Waals surface area (Å²) >= 11 is 0. The number of aromatic nitrogens is 3. The third-order valence-corrected chi connectivity index (χ3v) is 5.77. The lowest BCUT2D eigenvalue weighted by atomic mass is 10.0. The van der Waals surface area contributed by atoms with Gasteiger partial charge in [0.05, 0.1) is 12.1 Å². The number of anilines is 1. The van der Waals surface area contributed by atoms with Gasteiger partial charge in [-0.25, -0.2) is 9.07 Å². The summed E-state index contributed by atoms with van der Waals surface area (Å²) in [5, 5.41) is 11.0. The number of halogens is 1. The van der Waals surface area contributed by atoms with Crippen LogP contribution in [0, 0.1) is 19.7 Å². The molecule has 0 spiro atoms. The van der Waals surface area contributed by atoms with E-state index in [1.165, 1.54) is 28.8 Å². The number of carbonyl (C=O) groups excluding carboxylic acids is 2. The number of nitrogens with one attached hydrogen (secondary N) is 1. The summed E-state index contributed by atoms with van der Waals surface area (Å²) in [5.41, 5.74) is 3.70. The van der Waals surface area contributed by atoms with Gasteiger partial charge in [-0.2, -0.15) is 0 Å². The van der Waals surface area contributed by atoms with E-state index in [1.54, 1.807) is 30.3 Å². The van der Waals surface area contributed by atoms with Crippen LogP contribution < -0.4 is 10.2 Å². The molecule has 4 aromatic rings. The summed E-state index contributed by atoms with van der Waals surface area (Å²) < 4.78 is 21.6. The molecule has 0 aliphatic heterocycles. The Labute approximate surface area is 208 Å². The van der Waals surface area contributed by atoms with Crippen LogP contribution >= 0.6 is 0 Å². The van der Waals surface area contributed by atoms with Gasteiger partial charge in [0.2, 0.25) is 11.8 Å². The van der Waals surface area contributed by atoms with Crippen molar-refractivity contribution >= 4 is 28.5 Å². The highest BCUT2D eigenvalue weighted by atomic mass is 19.1. The van der Waals surface area contributed by atoms with Crippen LogP contribution in [-0.4, -0.2) is 47.1 Å². The number of nitrogens with zero attached hydrogens (tertiary/aromatic N) is 4. The largest absolute Gasteiger partial charge is 0.383 e. The summed E-state index contributed by atoms with van der Waals surface area (Å²) in [6.45, 7) is 4.10. The van der Waals surface area contributed by atoms with E-state index in [1.807, 2.05) is 38.1 Å². The lowest BCUT2D eigenvalue weighted by Crippen LogP contribution is -2.46. The predicted molar refractivity (Wildman–Crippen MR) is 135 cm³/mol. The molecule has 9 heteroatoms. The molecule has 36 heavy (non-hydrogen) atoms. The molecule has 1 atom stereocenters. The fraction of sp³-hybridized carbons (Fsp3) is 0.259. The van der Waals surface area contributed by atoms with E-state index in [4.69, 9.17) is 4.74 Å². The van der Waals surface area contributed by atoms with Crippen LogP contribution in [-0.2, 0) is 20.9 Å². The third kappa shape index (κ3) is 5.41. The van der Waals surface area contributed by atoms with Crippen molar-refractivity contribution in [1.82, 2.24) is 20.3 Å². The monoisotopic (exact) mass is 489 g/mol. The minimum atomic E-state index is -1.26. The van der Waals surface area contributed by atoms with Gasteiger partial charge >= 0.3 is 0 Å². The van der Waals surface area contributed by atoms with Crippen molar-refractivity contribution in [2.75, 3.05) is 25.2 Å². The highest BCUT2D eigenvalue weighted by Crippen LogP contribution is 2.31. The first-order valence-corrected chi connectivity index (χ1v) is 11.6. The summed E-state index contributed by atoms with van der Waals surface area (Å²) in [6, 6.07) is 17.6. The Balaban J connectivity index is 1.82. The summed E-state index contributed by atoms with van der Waals surface area (Å²) in [4.78, 5) is 28.8. The van der Waals surface area contributed by atoms with Gasteiger partial charge in [-0.15, -0.1) is 5.10 Å². The molecule has 4 rings (SSSR count). The zero-order chi connectivity index (χ0) is 25.7. The molecule has 0 radical (unpaired) electrons. The number of fused-ring (bicyclic) bond motifs is 1. The van der Waals surface area contributed by atoms with Crippen molar-refractivity contribution in [1.29, 1.82) is 0 Å². The fourth-order valence-electron chi connectivity index (χ4n) is 4.23. The number of aryl methyl sites for hydroxylation is 2. The Morgan fingerprint density at radius 1 is 1.06 bits per heavy atom. The van der Waals surface area contributed by atoms with E-state index >= 15 is 4.39 Å². The van der Waals surface area contributed by atoms with E-state index in [9.17, 15) is 9.59 Å². The number of methoxy groups -OCH3 is 1. The van der Waals surface area contributed by atoms with Crippen molar-refractivity contribution in [3.8, 4) is 0 Å². The van der Waals surface area contributed by atoms with Gasteiger partial charge in [0.25, 0.3) is 0 Å². The maximum Gasteiger partial charge on any atom is 0.249 e. The highest BCUT2D eigenvalue weighted by molar-refractivity contribution is 6.01. The molecule has 0 saturated heterocycles. The summed E-state index contributed by atoms with van der Waals surface area (Å²) in [7, 11) is 1.52. The molecule has 0 bridgehead atoms. The fourth-order valence-corrected chi connectivity index (χ4v) is 4.23. The average Bonchev–Trinajstić information content (AvgIpc) is 3.25. The molecule has 3 aromatic carbocycles. The minimum absolute atomic E-state index is 0.0865. The number of hydrogen-bond donors (Lipinski definition) is 1. The molecule has 186 valence electrons. The lowest BCUT2D eigenvalue weighted by Gasteiger charge is -2.32. The molecule has 0 saturated carbocycles. The van der Waals surface area contributed by atoms with Gasteiger partial charge in [-0.05, 0) is 55.3 Å². The summed E-state index contributed by atoms with van der Waals surface area (Å²) in [6.07, 6.45) is 0. The Morgan fingerprint density at radius 3 is 2.47 bits per heavy atom. The maximum atomic E-state index is 15.1. The average molecular weight is 490 g/mol. The van der Waals surface area contributed by atoms with Crippen LogP contribution in [0.15, 0.2) is 66.7 Å². The number of amides is 2. The SMILES string of the molecule is COCCNC(=O)[C@@H](c1ccccc1F)N(C(=O)Cn1nnc2ccccc21)c1cc(C)cc(C)c1. The highest BCUT2D eigenvalue weighted by Gasteiger charge is 2.35. The number of ether oxygens (including phenoxy) is 1. The van der Waals surface area contributed by atoms with Crippen molar-refractivity contribution in [3.05, 3.63) is 89.2 Å². The first-order valence-electron chi connectivity index (χ1n) is 11.6. The van der Waals surface area contributed by atoms with Gasteiger partial charge in [-0.3, -0.25) is 14.5 Å². The van der Waals surface area contributed by atoms with Crippen molar-refractivity contribution in [2.24, 2.45) is 0 Å². The molecule has 8 nitrogen and oxygen atoms in total. The smallest absolute Gasteiger partial charge is 0.249 e. The van der Waals surface area contributed by atoms with E-state index < -0.39 is 23.7 Å². The van der Waals surface area contributed by atoms with Crippen molar-refractivity contribution < 1.29 is 18.7 Å². The minimum Gasteiger partial charge on any atom is -0.383 e. The Kier molecular flexibility index (Phi) is 7.70. The molecule has 0 aliphatic carbocycles. The number of para-hydroxylation sites is 1. The van der Waals surface area contributed by atoms with Gasteiger partial charge in [0.1, 0.15) is 23.9 Å². The van der Waals surface area contributed by atoms with E-state index in [0.29, 0.717) is 16.7 Å². The molecule has 0 unspecified atom stereocenters. The topological polar surface area (TPSA) is 89.4 Å². The lowest BCUT2D eigenvalue weighted by molar-refractivity contribution is -0.127. The first kappa shape index (κ1) is 25.0. The Morgan fingerprint density at radius 2 is 1.75 bits per heavy atom. The standard InChI is InChI=1S/C27H28FN5O3/c1-18-14-19(2)16-20(15-18)33(25(34)17-32-24-11-7-6-10-23(24)30-31-32)26(27(35)29-12-13-36-3)21-8-4-5-9-22(21)28/h4-11,14-16,26H,12-13,17H2,1-3H3,(H,29,35)/t26-/m1/s1. The van der Waals surface area contributed by atoms with Crippen LogP contribution in [0.1, 0.15) is 22.7 Å². The third-order valence-electron chi connectivity index (χ3n) is 5.77. The van der Waals surface area contributed by atoms with E-state index in [-0.39, 0.29) is 25.3 Å². The second kappa shape index (κ2) is 11.1. The molecule has 0 fully saturated rings. The van der Waals surface area contributed by atoms with E-state index in [2.05, 4.69) is 15.6 Å². The van der Waals surface area contributed by atoms with Gasteiger partial charge in [0, 0.05) is 24.9 Å². The molecular formula is C27H28FN5O3. The molecule has 1 aromatic heterocycles. The van der Waals surface area contributed by atoms with E-state index in [0.717, 1.165) is 11.1 Å². The molecule has 1 heterocycles. The van der Waals surface area contributed by atoms with Crippen LogP contribution in [0.5, 0.6) is 0 Å². The number of carbonyl (C=O) groups is 2. The molecule has 0 aliphatic rings. The van der Waals surface area contributed by atoms with Gasteiger partial charge in [0.15, 0.2) is 0 Å². The predicted octanol–water partition coefficient (Wildman–Crippen LogP) is 3.72. The van der Waals surface area contributed by atoms with Crippen molar-refractivity contribution in [2.45, 2.75) is 26.4 Å². The van der Waals surface area contributed by atoms with Gasteiger partial charge < -0.3 is 10.1 Å². The summed E-state index contributed by atoms with van der Waals surface area (Å²) in [5.74, 6) is -1.54. The normalized spacial score (nSPS) is 11.9. The van der Waals surface area contributed by atoms with Crippen molar-refractivity contribution in [3.63, 3.8) is 0 Å². The molecule has 2 amide bonds. The second-order valence-corrected chi connectivity index (χ2v) is 8.55. The van der Waals surface area contributed by atoms with Gasteiger partial charge in [-0.1, -0.05) is 41.6 Å². The molecular weight excluding hydrogens is 461 g/mol. The Hall–Kier alpha value is -4.11.